The number of rotatable bonds is 6. The lowest BCUT2D eigenvalue weighted by atomic mass is 10.0. The van der Waals surface area contributed by atoms with Crippen molar-refractivity contribution in [1.29, 1.82) is 5.26 Å². The first-order valence-corrected chi connectivity index (χ1v) is 12.1. The van der Waals surface area contributed by atoms with Gasteiger partial charge < -0.3 is 15.6 Å². The van der Waals surface area contributed by atoms with Crippen LogP contribution in [0.4, 0.5) is 11.4 Å². The number of tetrazole rings is 1. The molecule has 10 heteroatoms. The highest BCUT2D eigenvalue weighted by Crippen LogP contribution is 2.28. The predicted octanol–water partition coefficient (Wildman–Crippen LogP) is 4.81. The molecule has 2 aromatic heterocycles. The first-order chi connectivity index (χ1) is 19.1. The van der Waals surface area contributed by atoms with E-state index >= 15 is 0 Å². The van der Waals surface area contributed by atoms with E-state index in [1.165, 1.54) is 0 Å². The standard InChI is InChI=1S/C29H20N8O2/c30-16-17-11-12-23(22(13-17)28-34-36-37-35-28)33-29(39)25-14-20-8-4-10-24(27(20)32-25)31-26(38)15-19-7-3-6-18-5-1-2-9-21(18)19/h1-14,32H,15H2,(H,31,38)(H,33,39)(H,34,35,36,37). The largest absolute Gasteiger partial charge is 0.349 e. The lowest BCUT2D eigenvalue weighted by Crippen LogP contribution is -2.15. The van der Waals surface area contributed by atoms with Gasteiger partial charge in [0, 0.05) is 10.9 Å². The van der Waals surface area contributed by atoms with Crippen LogP contribution in [0.2, 0.25) is 0 Å². The molecule has 2 amide bonds. The summed E-state index contributed by atoms with van der Waals surface area (Å²) in [5.41, 5.74) is 3.74. The van der Waals surface area contributed by atoms with E-state index < -0.39 is 5.91 Å². The summed E-state index contributed by atoms with van der Waals surface area (Å²) in [5.74, 6) is -0.254. The maximum atomic E-state index is 13.2. The van der Waals surface area contributed by atoms with Crippen molar-refractivity contribution in [2.45, 2.75) is 6.42 Å². The lowest BCUT2D eigenvalue weighted by Gasteiger charge is -2.09. The summed E-state index contributed by atoms with van der Waals surface area (Å²) in [6, 6.07) is 27.9. The van der Waals surface area contributed by atoms with Gasteiger partial charge in [-0.25, -0.2) is 5.10 Å². The van der Waals surface area contributed by atoms with Gasteiger partial charge in [0.1, 0.15) is 5.69 Å². The zero-order valence-corrected chi connectivity index (χ0v) is 20.4. The Labute approximate surface area is 221 Å². The third kappa shape index (κ3) is 4.68. The number of hydrogen-bond acceptors (Lipinski definition) is 6. The number of fused-ring (bicyclic) bond motifs is 2. The number of hydrogen-bond donors (Lipinski definition) is 4. The van der Waals surface area contributed by atoms with Crippen molar-refractivity contribution in [2.24, 2.45) is 0 Å². The normalized spacial score (nSPS) is 10.8. The fourth-order valence-corrected chi connectivity index (χ4v) is 4.58. The van der Waals surface area contributed by atoms with Crippen LogP contribution in [0.15, 0.2) is 84.9 Å². The molecule has 0 spiro atoms. The summed E-state index contributed by atoms with van der Waals surface area (Å²) in [5, 5.41) is 31.7. The highest BCUT2D eigenvalue weighted by molar-refractivity contribution is 6.10. The van der Waals surface area contributed by atoms with Crippen molar-refractivity contribution < 1.29 is 9.59 Å². The van der Waals surface area contributed by atoms with Gasteiger partial charge in [-0.15, -0.1) is 5.10 Å². The SMILES string of the molecule is N#Cc1ccc(NC(=O)c2cc3cccc(NC(=O)Cc4cccc5ccccc45)c3[nH]2)c(-c2nnn[nH]2)c1. The smallest absolute Gasteiger partial charge is 0.272 e. The molecule has 0 aliphatic carbocycles. The summed E-state index contributed by atoms with van der Waals surface area (Å²) in [7, 11) is 0. The Morgan fingerprint density at radius 2 is 1.69 bits per heavy atom. The molecule has 0 saturated carbocycles. The molecule has 2 heterocycles. The molecule has 0 radical (unpaired) electrons. The molecule has 0 aliphatic heterocycles. The van der Waals surface area contributed by atoms with E-state index in [0.29, 0.717) is 39.5 Å². The number of amides is 2. The Morgan fingerprint density at radius 3 is 2.54 bits per heavy atom. The number of para-hydroxylation sites is 1. The van der Waals surface area contributed by atoms with E-state index in [1.807, 2.05) is 54.6 Å². The summed E-state index contributed by atoms with van der Waals surface area (Å²) in [4.78, 5) is 29.3. The fraction of sp³-hybridized carbons (Fsp3) is 0.0345. The second kappa shape index (κ2) is 9.91. The summed E-state index contributed by atoms with van der Waals surface area (Å²) in [6.45, 7) is 0. The maximum absolute atomic E-state index is 13.2. The zero-order chi connectivity index (χ0) is 26.8. The van der Waals surface area contributed by atoms with Crippen molar-refractivity contribution in [3.05, 3.63) is 102 Å². The molecule has 10 nitrogen and oxygen atoms in total. The number of H-pyrrole nitrogens is 2. The van der Waals surface area contributed by atoms with Crippen LogP contribution in [0.25, 0.3) is 33.1 Å². The Kier molecular flexibility index (Phi) is 5.99. The molecule has 39 heavy (non-hydrogen) atoms. The Bertz CT molecular complexity index is 1900. The molecule has 4 N–H and O–H groups in total. The molecular weight excluding hydrogens is 492 g/mol. The minimum Gasteiger partial charge on any atom is -0.349 e. The van der Waals surface area contributed by atoms with Crippen LogP contribution in [0.3, 0.4) is 0 Å². The van der Waals surface area contributed by atoms with Crippen molar-refractivity contribution in [2.75, 3.05) is 10.6 Å². The topological polar surface area (TPSA) is 152 Å². The minimum atomic E-state index is -0.405. The fourth-order valence-electron chi connectivity index (χ4n) is 4.58. The van der Waals surface area contributed by atoms with Crippen LogP contribution in [0.5, 0.6) is 0 Å². The number of aromatic nitrogens is 5. The number of anilines is 2. The number of aromatic amines is 2. The molecular formula is C29H20N8O2. The third-order valence-corrected chi connectivity index (χ3v) is 6.40. The van der Waals surface area contributed by atoms with Crippen LogP contribution in [0.1, 0.15) is 21.6 Å². The summed E-state index contributed by atoms with van der Waals surface area (Å²) >= 11 is 0. The molecule has 0 unspecified atom stereocenters. The molecule has 0 bridgehead atoms. The average Bonchev–Trinajstić information content (AvgIpc) is 3.65. The van der Waals surface area contributed by atoms with Crippen LogP contribution < -0.4 is 10.6 Å². The van der Waals surface area contributed by atoms with Crippen LogP contribution in [0, 0.1) is 11.3 Å². The number of nitrogens with zero attached hydrogens (tertiary/aromatic N) is 4. The molecule has 6 aromatic rings. The summed E-state index contributed by atoms with van der Waals surface area (Å²) < 4.78 is 0. The minimum absolute atomic E-state index is 0.164. The van der Waals surface area contributed by atoms with Gasteiger partial charge in [-0.2, -0.15) is 5.26 Å². The van der Waals surface area contributed by atoms with Crippen molar-refractivity contribution >= 4 is 44.9 Å². The van der Waals surface area contributed by atoms with Crippen molar-refractivity contribution in [3.63, 3.8) is 0 Å². The molecule has 188 valence electrons. The quantitative estimate of drug-likeness (QED) is 0.251. The second-order valence-corrected chi connectivity index (χ2v) is 8.89. The van der Waals surface area contributed by atoms with E-state index in [9.17, 15) is 14.9 Å². The first kappa shape index (κ1) is 23.6. The van der Waals surface area contributed by atoms with Gasteiger partial charge in [0.05, 0.1) is 34.9 Å². The van der Waals surface area contributed by atoms with E-state index in [2.05, 4.69) is 42.3 Å². The predicted molar refractivity (Wildman–Crippen MR) is 147 cm³/mol. The summed E-state index contributed by atoms with van der Waals surface area (Å²) in [6.07, 6.45) is 0.212. The van der Waals surface area contributed by atoms with Gasteiger partial charge in [0.2, 0.25) is 5.91 Å². The molecule has 0 saturated heterocycles. The van der Waals surface area contributed by atoms with E-state index in [4.69, 9.17) is 0 Å². The van der Waals surface area contributed by atoms with Gasteiger partial charge in [-0.3, -0.25) is 9.59 Å². The Hall–Kier alpha value is -5.82. The van der Waals surface area contributed by atoms with Crippen LogP contribution in [-0.4, -0.2) is 37.4 Å². The van der Waals surface area contributed by atoms with Gasteiger partial charge in [0.15, 0.2) is 5.82 Å². The Morgan fingerprint density at radius 1 is 0.872 bits per heavy atom. The third-order valence-electron chi connectivity index (χ3n) is 6.40. The van der Waals surface area contributed by atoms with Crippen molar-refractivity contribution in [3.8, 4) is 17.5 Å². The van der Waals surface area contributed by atoms with E-state index in [0.717, 1.165) is 21.7 Å². The van der Waals surface area contributed by atoms with E-state index in [1.54, 1.807) is 30.3 Å². The molecule has 6 rings (SSSR count). The highest BCUT2D eigenvalue weighted by Gasteiger charge is 2.17. The van der Waals surface area contributed by atoms with Gasteiger partial charge in [-0.05, 0) is 57.1 Å². The molecule has 0 aliphatic rings. The number of benzene rings is 4. The second-order valence-electron chi connectivity index (χ2n) is 8.89. The van der Waals surface area contributed by atoms with Gasteiger partial charge >= 0.3 is 0 Å². The molecule has 4 aromatic carbocycles. The van der Waals surface area contributed by atoms with Crippen LogP contribution >= 0.6 is 0 Å². The van der Waals surface area contributed by atoms with E-state index in [-0.39, 0.29) is 12.3 Å². The molecule has 0 fully saturated rings. The molecule has 0 atom stereocenters. The number of nitriles is 1. The average molecular weight is 513 g/mol. The van der Waals surface area contributed by atoms with Crippen LogP contribution in [-0.2, 0) is 11.2 Å². The number of carbonyl (C=O) groups excluding carboxylic acids is 2. The monoisotopic (exact) mass is 512 g/mol. The van der Waals surface area contributed by atoms with Gasteiger partial charge in [-0.1, -0.05) is 54.6 Å². The number of nitrogens with one attached hydrogen (secondary N) is 4. The lowest BCUT2D eigenvalue weighted by molar-refractivity contribution is -0.115. The number of carbonyl (C=O) groups is 2. The first-order valence-electron chi connectivity index (χ1n) is 12.1. The van der Waals surface area contributed by atoms with Crippen molar-refractivity contribution in [1.82, 2.24) is 25.6 Å². The zero-order valence-electron chi connectivity index (χ0n) is 20.4. The van der Waals surface area contributed by atoms with Gasteiger partial charge in [0.25, 0.3) is 5.91 Å². The Balaban J connectivity index is 1.24. The highest BCUT2D eigenvalue weighted by atomic mass is 16.2. The maximum Gasteiger partial charge on any atom is 0.272 e.